The summed E-state index contributed by atoms with van der Waals surface area (Å²) in [4.78, 5) is 25.2. The van der Waals surface area contributed by atoms with E-state index in [9.17, 15) is 9.59 Å². The van der Waals surface area contributed by atoms with Gasteiger partial charge in [-0.2, -0.15) is 0 Å². The number of hydrogen-bond donors (Lipinski definition) is 1. The number of fused-ring (bicyclic) bond motifs is 1. The zero-order valence-electron chi connectivity index (χ0n) is 11.5. The van der Waals surface area contributed by atoms with Gasteiger partial charge in [-0.1, -0.05) is 5.16 Å². The van der Waals surface area contributed by atoms with Crippen molar-refractivity contribution in [3.05, 3.63) is 46.8 Å². The van der Waals surface area contributed by atoms with E-state index in [2.05, 4.69) is 5.16 Å². The van der Waals surface area contributed by atoms with Gasteiger partial charge in [0.05, 0.1) is 11.8 Å². The second kappa shape index (κ2) is 5.05. The van der Waals surface area contributed by atoms with Gasteiger partial charge in [0.1, 0.15) is 0 Å². The summed E-state index contributed by atoms with van der Waals surface area (Å²) in [6.07, 6.45) is 3.05. The second-order valence-corrected chi connectivity index (χ2v) is 5.05. The van der Waals surface area contributed by atoms with Gasteiger partial charge in [-0.25, -0.2) is 4.79 Å². The number of carbonyl (C=O) groups is 2. The highest BCUT2D eigenvalue weighted by Gasteiger charge is 2.27. The van der Waals surface area contributed by atoms with E-state index in [1.165, 1.54) is 12.3 Å². The van der Waals surface area contributed by atoms with E-state index in [1.54, 1.807) is 24.0 Å². The number of rotatable bonds is 2. The van der Waals surface area contributed by atoms with E-state index in [0.29, 0.717) is 12.1 Å². The maximum absolute atomic E-state index is 12.5. The van der Waals surface area contributed by atoms with Crippen molar-refractivity contribution in [1.29, 1.82) is 0 Å². The lowest BCUT2D eigenvalue weighted by Crippen LogP contribution is -2.35. The van der Waals surface area contributed by atoms with Crippen LogP contribution in [0.4, 0.5) is 5.69 Å². The van der Waals surface area contributed by atoms with Crippen molar-refractivity contribution >= 4 is 17.6 Å². The second-order valence-electron chi connectivity index (χ2n) is 5.05. The molecule has 1 aliphatic rings. The number of nitrogens with zero attached hydrogens (tertiary/aromatic N) is 2. The van der Waals surface area contributed by atoms with E-state index in [-0.39, 0.29) is 17.2 Å². The Morgan fingerprint density at radius 1 is 1.38 bits per heavy atom. The van der Waals surface area contributed by atoms with E-state index in [1.807, 2.05) is 0 Å². The highest BCUT2D eigenvalue weighted by Crippen LogP contribution is 2.29. The van der Waals surface area contributed by atoms with E-state index < -0.39 is 5.97 Å². The van der Waals surface area contributed by atoms with Crippen LogP contribution in [0.25, 0.3) is 0 Å². The fourth-order valence-electron chi connectivity index (χ4n) is 2.56. The lowest BCUT2D eigenvalue weighted by Gasteiger charge is -2.29. The Hall–Kier alpha value is -2.63. The summed E-state index contributed by atoms with van der Waals surface area (Å²) in [5, 5.41) is 12.7. The van der Waals surface area contributed by atoms with Gasteiger partial charge in [-0.15, -0.1) is 0 Å². The number of carboxylic acid groups (broad SMARTS) is 1. The monoisotopic (exact) mass is 286 g/mol. The first-order chi connectivity index (χ1) is 10.1. The number of hydrogen-bond acceptors (Lipinski definition) is 4. The van der Waals surface area contributed by atoms with Gasteiger partial charge in [-0.3, -0.25) is 4.79 Å². The Labute approximate surface area is 121 Å². The number of aryl methyl sites for hydroxylation is 2. The number of anilines is 1. The Bertz CT molecular complexity index is 720. The van der Waals surface area contributed by atoms with Crippen LogP contribution in [0.1, 0.15) is 38.5 Å². The van der Waals surface area contributed by atoms with Crippen LogP contribution >= 0.6 is 0 Å². The molecule has 1 aromatic heterocycles. The van der Waals surface area contributed by atoms with E-state index in [4.69, 9.17) is 9.63 Å². The summed E-state index contributed by atoms with van der Waals surface area (Å²) >= 11 is 0. The van der Waals surface area contributed by atoms with Gasteiger partial charge in [-0.05, 0) is 43.5 Å². The SMILES string of the molecule is Cc1cnoc1C(=O)N1CCCc2cc(C(=O)O)ccc21. The highest BCUT2D eigenvalue weighted by atomic mass is 16.5. The molecule has 0 radical (unpaired) electrons. The number of aromatic carboxylic acids is 1. The highest BCUT2D eigenvalue weighted by molar-refractivity contribution is 6.06. The third-order valence-corrected chi connectivity index (χ3v) is 3.63. The number of aromatic nitrogens is 1. The van der Waals surface area contributed by atoms with Crippen LogP contribution in [0.15, 0.2) is 28.9 Å². The van der Waals surface area contributed by atoms with E-state index in [0.717, 1.165) is 24.1 Å². The summed E-state index contributed by atoms with van der Waals surface area (Å²) in [5.41, 5.74) is 2.53. The molecule has 0 bridgehead atoms. The minimum absolute atomic E-state index is 0.227. The minimum Gasteiger partial charge on any atom is -0.478 e. The fourth-order valence-corrected chi connectivity index (χ4v) is 2.56. The fraction of sp³-hybridized carbons (Fsp3) is 0.267. The third kappa shape index (κ3) is 2.29. The molecule has 21 heavy (non-hydrogen) atoms. The Balaban J connectivity index is 1.99. The average Bonchev–Trinajstić information content (AvgIpc) is 2.91. The zero-order chi connectivity index (χ0) is 15.0. The normalized spacial score (nSPS) is 13.9. The lowest BCUT2D eigenvalue weighted by atomic mass is 9.98. The minimum atomic E-state index is -0.965. The van der Waals surface area contributed by atoms with Gasteiger partial charge in [0, 0.05) is 17.8 Å². The van der Waals surface area contributed by atoms with Crippen molar-refractivity contribution in [3.8, 4) is 0 Å². The number of amides is 1. The smallest absolute Gasteiger partial charge is 0.335 e. The molecule has 0 atom stereocenters. The Morgan fingerprint density at radius 3 is 2.86 bits per heavy atom. The van der Waals surface area contributed by atoms with Gasteiger partial charge in [0.2, 0.25) is 5.76 Å². The van der Waals surface area contributed by atoms with E-state index >= 15 is 0 Å². The van der Waals surface area contributed by atoms with Crippen LogP contribution < -0.4 is 4.90 Å². The summed E-state index contributed by atoms with van der Waals surface area (Å²) < 4.78 is 5.02. The van der Waals surface area contributed by atoms with Crippen LogP contribution in [0, 0.1) is 6.92 Å². The van der Waals surface area contributed by atoms with Crippen LogP contribution in [-0.2, 0) is 6.42 Å². The predicted molar refractivity (Wildman–Crippen MR) is 74.6 cm³/mol. The van der Waals surface area contributed by atoms with Crippen LogP contribution in [0.3, 0.4) is 0 Å². The van der Waals surface area contributed by atoms with Crippen molar-refractivity contribution in [3.63, 3.8) is 0 Å². The molecule has 2 aromatic rings. The van der Waals surface area contributed by atoms with Crippen molar-refractivity contribution in [2.75, 3.05) is 11.4 Å². The summed E-state index contributed by atoms with van der Waals surface area (Å²) in [6.45, 7) is 2.35. The van der Waals surface area contributed by atoms with Crippen molar-refractivity contribution in [1.82, 2.24) is 5.16 Å². The molecule has 0 aliphatic carbocycles. The van der Waals surface area contributed by atoms with Crippen LogP contribution in [0.5, 0.6) is 0 Å². The standard InChI is InChI=1S/C15H14N2O4/c1-9-8-16-21-13(9)14(18)17-6-2-3-10-7-11(15(19)20)4-5-12(10)17/h4-5,7-8H,2-3,6H2,1H3,(H,19,20). The number of carboxylic acids is 1. The lowest BCUT2D eigenvalue weighted by molar-refractivity contribution is 0.0696. The zero-order valence-corrected chi connectivity index (χ0v) is 11.5. The van der Waals surface area contributed by atoms with Gasteiger partial charge in [0.15, 0.2) is 0 Å². The molecule has 1 amide bonds. The molecule has 1 aliphatic heterocycles. The third-order valence-electron chi connectivity index (χ3n) is 3.63. The molecule has 0 unspecified atom stereocenters. The molecule has 0 saturated heterocycles. The quantitative estimate of drug-likeness (QED) is 0.915. The summed E-state index contributed by atoms with van der Waals surface area (Å²) in [6, 6.07) is 4.83. The molecule has 0 fully saturated rings. The molecule has 0 saturated carbocycles. The largest absolute Gasteiger partial charge is 0.478 e. The maximum atomic E-state index is 12.5. The molecule has 6 nitrogen and oxygen atoms in total. The Kier molecular flexibility index (Phi) is 3.21. The molecule has 108 valence electrons. The number of benzene rings is 1. The molecule has 0 spiro atoms. The van der Waals surface area contributed by atoms with Crippen molar-refractivity contribution in [2.24, 2.45) is 0 Å². The maximum Gasteiger partial charge on any atom is 0.335 e. The molecular formula is C15H14N2O4. The van der Waals surface area contributed by atoms with Crippen molar-refractivity contribution < 1.29 is 19.2 Å². The molecule has 3 rings (SSSR count). The average molecular weight is 286 g/mol. The first kappa shape index (κ1) is 13.4. The molecule has 6 heteroatoms. The first-order valence-electron chi connectivity index (χ1n) is 6.67. The molecule has 1 N–H and O–H groups in total. The van der Waals surface area contributed by atoms with Gasteiger partial charge in [0.25, 0.3) is 5.91 Å². The predicted octanol–water partition coefficient (Wildman–Crippen LogP) is 2.27. The topological polar surface area (TPSA) is 83.6 Å². The number of carbonyl (C=O) groups excluding carboxylic acids is 1. The van der Waals surface area contributed by atoms with Gasteiger partial charge >= 0.3 is 5.97 Å². The molecule has 1 aromatic carbocycles. The van der Waals surface area contributed by atoms with Crippen LogP contribution in [-0.4, -0.2) is 28.7 Å². The first-order valence-corrected chi connectivity index (χ1v) is 6.67. The summed E-state index contributed by atoms with van der Waals surface area (Å²) in [7, 11) is 0. The van der Waals surface area contributed by atoms with Crippen LogP contribution in [0.2, 0.25) is 0 Å². The Morgan fingerprint density at radius 2 is 2.19 bits per heavy atom. The van der Waals surface area contributed by atoms with Gasteiger partial charge < -0.3 is 14.5 Å². The molecule has 2 heterocycles. The summed E-state index contributed by atoms with van der Waals surface area (Å²) in [5.74, 6) is -0.980. The van der Waals surface area contributed by atoms with Crippen molar-refractivity contribution in [2.45, 2.75) is 19.8 Å². The molecular weight excluding hydrogens is 272 g/mol.